The molecule has 78 valence electrons. The summed E-state index contributed by atoms with van der Waals surface area (Å²) in [6, 6.07) is 3.77. The van der Waals surface area contributed by atoms with Crippen LogP contribution < -0.4 is 10.6 Å². The quantitative estimate of drug-likeness (QED) is 0.702. The van der Waals surface area contributed by atoms with Crippen LogP contribution in [-0.2, 0) is 0 Å². The topological polar surface area (TPSA) is 78.8 Å². The Morgan fingerprint density at radius 3 is 3.00 bits per heavy atom. The molecule has 1 aromatic heterocycles. The number of nitriles is 1. The van der Waals surface area contributed by atoms with Gasteiger partial charge in [-0.1, -0.05) is 6.92 Å². The van der Waals surface area contributed by atoms with Gasteiger partial charge < -0.3 is 10.6 Å². The van der Waals surface area contributed by atoms with Gasteiger partial charge in [0.15, 0.2) is 0 Å². The van der Waals surface area contributed by atoms with E-state index in [4.69, 9.17) is 11.0 Å². The number of hydrogen-bond acceptors (Lipinski definition) is 5. The highest BCUT2D eigenvalue weighted by Gasteiger charge is 2.28. The summed E-state index contributed by atoms with van der Waals surface area (Å²) >= 11 is 0. The molecule has 0 spiro atoms. The van der Waals surface area contributed by atoms with Crippen molar-refractivity contribution in [1.82, 2.24) is 9.97 Å². The molecule has 0 saturated carbocycles. The van der Waals surface area contributed by atoms with E-state index in [0.717, 1.165) is 13.1 Å². The van der Waals surface area contributed by atoms with Gasteiger partial charge in [0.25, 0.3) is 0 Å². The molecule has 0 amide bonds. The third-order valence-electron chi connectivity index (χ3n) is 2.71. The first-order valence-corrected chi connectivity index (χ1v) is 4.94. The predicted octanol–water partition coefficient (Wildman–Crippen LogP) is 0.132. The van der Waals surface area contributed by atoms with E-state index in [9.17, 15) is 0 Å². The molecule has 1 fully saturated rings. The van der Waals surface area contributed by atoms with Crippen LogP contribution in [0.25, 0.3) is 0 Å². The Labute approximate surface area is 88.5 Å². The smallest absolute Gasteiger partial charge is 0.226 e. The van der Waals surface area contributed by atoms with Crippen molar-refractivity contribution in [2.24, 2.45) is 11.7 Å². The first-order valence-electron chi connectivity index (χ1n) is 4.94. The number of rotatable bonds is 1. The van der Waals surface area contributed by atoms with E-state index >= 15 is 0 Å². The van der Waals surface area contributed by atoms with Crippen molar-refractivity contribution < 1.29 is 0 Å². The Morgan fingerprint density at radius 2 is 2.40 bits per heavy atom. The number of aromatic nitrogens is 2. The maximum atomic E-state index is 8.73. The Balaban J connectivity index is 2.21. The fourth-order valence-corrected chi connectivity index (χ4v) is 1.72. The fourth-order valence-electron chi connectivity index (χ4n) is 1.72. The molecule has 2 unspecified atom stereocenters. The lowest BCUT2D eigenvalue weighted by Crippen LogP contribution is -2.29. The normalized spacial score (nSPS) is 25.3. The monoisotopic (exact) mass is 203 g/mol. The van der Waals surface area contributed by atoms with E-state index in [1.165, 1.54) is 0 Å². The maximum absolute atomic E-state index is 8.73. The summed E-state index contributed by atoms with van der Waals surface area (Å²) in [6.07, 6.45) is 1.61. The Kier molecular flexibility index (Phi) is 2.52. The van der Waals surface area contributed by atoms with Crippen LogP contribution in [0, 0.1) is 17.2 Å². The molecule has 2 N–H and O–H groups in total. The molecule has 0 aliphatic carbocycles. The summed E-state index contributed by atoms with van der Waals surface area (Å²) in [7, 11) is 0. The van der Waals surface area contributed by atoms with Gasteiger partial charge in [0.2, 0.25) is 5.95 Å². The largest absolute Gasteiger partial charge is 0.339 e. The van der Waals surface area contributed by atoms with E-state index in [1.807, 2.05) is 11.0 Å². The van der Waals surface area contributed by atoms with Gasteiger partial charge in [-0.15, -0.1) is 0 Å². The molecule has 1 aliphatic rings. The van der Waals surface area contributed by atoms with Gasteiger partial charge in [-0.05, 0) is 12.0 Å². The third-order valence-corrected chi connectivity index (χ3v) is 2.71. The van der Waals surface area contributed by atoms with Gasteiger partial charge in [-0.25, -0.2) is 9.97 Å². The molecule has 2 rings (SSSR count). The zero-order valence-electron chi connectivity index (χ0n) is 8.59. The average molecular weight is 203 g/mol. The standard InChI is InChI=1S/C10H13N5/c1-7-5-15(6-9(7)12)10-13-3-2-8(4-11)14-10/h2-3,7,9H,5-6,12H2,1H3. The van der Waals surface area contributed by atoms with Crippen LogP contribution in [0.4, 0.5) is 5.95 Å². The molecule has 0 radical (unpaired) electrons. The fraction of sp³-hybridized carbons (Fsp3) is 0.500. The van der Waals surface area contributed by atoms with Crippen molar-refractivity contribution in [2.45, 2.75) is 13.0 Å². The lowest BCUT2D eigenvalue weighted by atomic mass is 10.1. The van der Waals surface area contributed by atoms with Crippen molar-refractivity contribution >= 4 is 5.95 Å². The lowest BCUT2D eigenvalue weighted by molar-refractivity contribution is 0.565. The van der Waals surface area contributed by atoms with E-state index in [0.29, 0.717) is 17.6 Å². The lowest BCUT2D eigenvalue weighted by Gasteiger charge is -2.14. The molecular formula is C10H13N5. The highest BCUT2D eigenvalue weighted by atomic mass is 15.3. The molecular weight excluding hydrogens is 190 g/mol. The minimum Gasteiger partial charge on any atom is -0.339 e. The summed E-state index contributed by atoms with van der Waals surface area (Å²) in [6.45, 7) is 3.73. The van der Waals surface area contributed by atoms with Gasteiger partial charge in [0.05, 0.1) is 0 Å². The Bertz CT molecular complexity index is 387. The molecule has 1 aromatic rings. The van der Waals surface area contributed by atoms with Crippen molar-refractivity contribution in [3.63, 3.8) is 0 Å². The van der Waals surface area contributed by atoms with Crippen LogP contribution >= 0.6 is 0 Å². The molecule has 1 aliphatic heterocycles. The highest BCUT2D eigenvalue weighted by Crippen LogP contribution is 2.19. The molecule has 5 nitrogen and oxygen atoms in total. The predicted molar refractivity (Wildman–Crippen MR) is 56.1 cm³/mol. The van der Waals surface area contributed by atoms with Crippen molar-refractivity contribution in [1.29, 1.82) is 5.26 Å². The Morgan fingerprint density at radius 1 is 1.60 bits per heavy atom. The average Bonchev–Trinajstić information content (AvgIpc) is 2.59. The zero-order chi connectivity index (χ0) is 10.8. The van der Waals surface area contributed by atoms with Gasteiger partial charge in [-0.3, -0.25) is 0 Å². The van der Waals surface area contributed by atoms with Crippen LogP contribution in [-0.4, -0.2) is 29.1 Å². The van der Waals surface area contributed by atoms with Crippen molar-refractivity contribution in [2.75, 3.05) is 18.0 Å². The minimum absolute atomic E-state index is 0.166. The second-order valence-corrected chi connectivity index (χ2v) is 3.90. The molecule has 0 aromatic carbocycles. The zero-order valence-corrected chi connectivity index (χ0v) is 8.59. The number of nitrogens with zero attached hydrogens (tertiary/aromatic N) is 4. The molecule has 1 saturated heterocycles. The second-order valence-electron chi connectivity index (χ2n) is 3.90. The third kappa shape index (κ3) is 1.90. The van der Waals surface area contributed by atoms with Gasteiger partial charge in [0, 0.05) is 25.3 Å². The van der Waals surface area contributed by atoms with Crippen LogP contribution in [0.5, 0.6) is 0 Å². The van der Waals surface area contributed by atoms with E-state index in [-0.39, 0.29) is 6.04 Å². The first kappa shape index (κ1) is 9.87. The molecule has 5 heteroatoms. The van der Waals surface area contributed by atoms with Crippen LogP contribution in [0.1, 0.15) is 12.6 Å². The van der Waals surface area contributed by atoms with Gasteiger partial charge in [-0.2, -0.15) is 5.26 Å². The van der Waals surface area contributed by atoms with Gasteiger partial charge in [0.1, 0.15) is 11.8 Å². The number of nitrogens with two attached hydrogens (primary N) is 1. The minimum atomic E-state index is 0.166. The molecule has 15 heavy (non-hydrogen) atoms. The van der Waals surface area contributed by atoms with E-state index in [2.05, 4.69) is 16.9 Å². The highest BCUT2D eigenvalue weighted by molar-refractivity contribution is 5.35. The van der Waals surface area contributed by atoms with Crippen LogP contribution in [0.2, 0.25) is 0 Å². The van der Waals surface area contributed by atoms with Crippen LogP contribution in [0.15, 0.2) is 12.3 Å². The number of anilines is 1. The van der Waals surface area contributed by atoms with E-state index < -0.39 is 0 Å². The maximum Gasteiger partial charge on any atom is 0.226 e. The summed E-state index contributed by atoms with van der Waals surface area (Å²) in [5.74, 6) is 1.05. The van der Waals surface area contributed by atoms with Crippen molar-refractivity contribution in [3.8, 4) is 6.07 Å². The molecule has 0 bridgehead atoms. The summed E-state index contributed by atoms with van der Waals surface area (Å²) in [4.78, 5) is 10.3. The first-order chi connectivity index (χ1) is 7.20. The Hall–Kier alpha value is -1.67. The second kappa shape index (κ2) is 3.83. The SMILES string of the molecule is CC1CN(c2nccc(C#N)n2)CC1N. The van der Waals surface area contributed by atoms with Gasteiger partial charge >= 0.3 is 0 Å². The summed E-state index contributed by atoms with van der Waals surface area (Å²) < 4.78 is 0. The number of hydrogen-bond donors (Lipinski definition) is 1. The van der Waals surface area contributed by atoms with E-state index in [1.54, 1.807) is 12.3 Å². The summed E-state index contributed by atoms with van der Waals surface area (Å²) in [5.41, 5.74) is 6.31. The van der Waals surface area contributed by atoms with Crippen LogP contribution in [0.3, 0.4) is 0 Å². The molecule has 2 atom stereocenters. The summed E-state index contributed by atoms with van der Waals surface area (Å²) in [5, 5.41) is 8.73. The van der Waals surface area contributed by atoms with Crippen molar-refractivity contribution in [3.05, 3.63) is 18.0 Å². The molecule has 2 heterocycles.